The van der Waals surface area contributed by atoms with E-state index in [2.05, 4.69) is 32.2 Å². The minimum absolute atomic E-state index is 0.0125. The van der Waals surface area contributed by atoms with Crippen LogP contribution in [0.1, 0.15) is 27.2 Å². The number of piperazine rings is 1. The van der Waals surface area contributed by atoms with Gasteiger partial charge in [-0.15, -0.1) is 10.2 Å². The minimum atomic E-state index is 0.0125. The van der Waals surface area contributed by atoms with Crippen LogP contribution in [0.15, 0.2) is 0 Å². The lowest BCUT2D eigenvalue weighted by Gasteiger charge is -2.33. The van der Waals surface area contributed by atoms with Gasteiger partial charge in [-0.3, -0.25) is 4.79 Å². The SMILES string of the molecule is CCN1CCN(c2nnc(NC(=O)CC(C)C)s2)CC1. The molecule has 1 aliphatic rings. The van der Waals surface area contributed by atoms with Crippen LogP contribution in [0.5, 0.6) is 0 Å². The predicted octanol–water partition coefficient (Wildman–Crippen LogP) is 1.66. The molecule has 0 radical (unpaired) electrons. The number of carbonyl (C=O) groups excluding carboxylic acids is 1. The van der Waals surface area contributed by atoms with Crippen molar-refractivity contribution in [3.63, 3.8) is 0 Å². The van der Waals surface area contributed by atoms with E-state index in [9.17, 15) is 4.79 Å². The van der Waals surface area contributed by atoms with E-state index in [0.717, 1.165) is 37.9 Å². The fourth-order valence-electron chi connectivity index (χ4n) is 2.19. The van der Waals surface area contributed by atoms with Crippen molar-refractivity contribution < 1.29 is 4.79 Å². The molecule has 0 atom stereocenters. The average Bonchev–Trinajstić information content (AvgIpc) is 2.86. The predicted molar refractivity (Wildman–Crippen MR) is 82.3 cm³/mol. The van der Waals surface area contributed by atoms with Crippen LogP contribution in [0.3, 0.4) is 0 Å². The van der Waals surface area contributed by atoms with Gasteiger partial charge in [-0.2, -0.15) is 0 Å². The summed E-state index contributed by atoms with van der Waals surface area (Å²) < 4.78 is 0. The molecule has 1 N–H and O–H groups in total. The zero-order chi connectivity index (χ0) is 14.5. The van der Waals surface area contributed by atoms with Gasteiger partial charge in [0, 0.05) is 32.6 Å². The number of aromatic nitrogens is 2. The van der Waals surface area contributed by atoms with Crippen LogP contribution in [0.4, 0.5) is 10.3 Å². The Morgan fingerprint density at radius 1 is 1.30 bits per heavy atom. The van der Waals surface area contributed by atoms with E-state index >= 15 is 0 Å². The lowest BCUT2D eigenvalue weighted by molar-refractivity contribution is -0.116. The summed E-state index contributed by atoms with van der Waals surface area (Å²) >= 11 is 1.46. The number of anilines is 2. The number of nitrogens with one attached hydrogen (secondary N) is 1. The Bertz CT molecular complexity index is 440. The fraction of sp³-hybridized carbons (Fsp3) is 0.769. The summed E-state index contributed by atoms with van der Waals surface area (Å²) in [7, 11) is 0. The molecule has 1 saturated heterocycles. The Kier molecular flexibility index (Phi) is 5.31. The van der Waals surface area contributed by atoms with Crippen molar-refractivity contribution in [3.8, 4) is 0 Å². The van der Waals surface area contributed by atoms with Gasteiger partial charge in [0.1, 0.15) is 0 Å². The average molecular weight is 297 g/mol. The zero-order valence-electron chi connectivity index (χ0n) is 12.4. The normalized spacial score (nSPS) is 16.7. The maximum absolute atomic E-state index is 11.7. The van der Waals surface area contributed by atoms with Crippen molar-refractivity contribution in [2.75, 3.05) is 42.9 Å². The molecule has 2 heterocycles. The minimum Gasteiger partial charge on any atom is -0.344 e. The molecule has 0 unspecified atom stereocenters. The Balaban J connectivity index is 1.87. The van der Waals surface area contributed by atoms with Gasteiger partial charge in [-0.1, -0.05) is 32.1 Å². The Morgan fingerprint density at radius 3 is 2.60 bits per heavy atom. The van der Waals surface area contributed by atoms with Gasteiger partial charge in [-0.25, -0.2) is 0 Å². The number of likely N-dealkylation sites (N-methyl/N-ethyl adjacent to an activating group) is 1. The molecule has 0 aliphatic carbocycles. The van der Waals surface area contributed by atoms with Gasteiger partial charge >= 0.3 is 0 Å². The molecule has 0 saturated carbocycles. The highest BCUT2D eigenvalue weighted by Gasteiger charge is 2.19. The van der Waals surface area contributed by atoms with E-state index in [0.29, 0.717) is 17.5 Å². The van der Waals surface area contributed by atoms with E-state index < -0.39 is 0 Å². The Morgan fingerprint density at radius 2 is 2.00 bits per heavy atom. The van der Waals surface area contributed by atoms with E-state index in [1.165, 1.54) is 11.3 Å². The smallest absolute Gasteiger partial charge is 0.226 e. The van der Waals surface area contributed by atoms with Crippen molar-refractivity contribution in [2.45, 2.75) is 27.2 Å². The van der Waals surface area contributed by atoms with E-state index in [1.807, 2.05) is 13.8 Å². The maximum Gasteiger partial charge on any atom is 0.226 e. The summed E-state index contributed by atoms with van der Waals surface area (Å²) in [5, 5.41) is 12.6. The van der Waals surface area contributed by atoms with E-state index in [4.69, 9.17) is 0 Å². The molecule has 2 rings (SSSR count). The third-order valence-electron chi connectivity index (χ3n) is 3.34. The van der Waals surface area contributed by atoms with Gasteiger partial charge in [0.25, 0.3) is 0 Å². The number of amides is 1. The van der Waals surface area contributed by atoms with Crippen molar-refractivity contribution in [1.82, 2.24) is 15.1 Å². The summed E-state index contributed by atoms with van der Waals surface area (Å²) in [6, 6.07) is 0. The standard InChI is InChI=1S/C13H23N5OS/c1-4-17-5-7-18(8-6-17)13-16-15-12(20-13)14-11(19)9-10(2)3/h10H,4-9H2,1-3H3,(H,14,15,19). The highest BCUT2D eigenvalue weighted by atomic mass is 32.1. The van der Waals surface area contributed by atoms with Crippen molar-refractivity contribution in [3.05, 3.63) is 0 Å². The number of hydrogen-bond donors (Lipinski definition) is 1. The van der Waals surface area contributed by atoms with Gasteiger partial charge in [-0.05, 0) is 12.5 Å². The second kappa shape index (κ2) is 6.99. The number of rotatable bonds is 5. The number of hydrogen-bond acceptors (Lipinski definition) is 6. The quantitative estimate of drug-likeness (QED) is 0.895. The van der Waals surface area contributed by atoms with Crippen LogP contribution >= 0.6 is 11.3 Å². The molecule has 1 aromatic heterocycles. The van der Waals surface area contributed by atoms with Crippen LogP contribution in [0, 0.1) is 5.92 Å². The van der Waals surface area contributed by atoms with Gasteiger partial charge in [0.15, 0.2) is 0 Å². The molecule has 0 aromatic carbocycles. The monoisotopic (exact) mass is 297 g/mol. The second-order valence-corrected chi connectivity index (χ2v) is 6.41. The number of carbonyl (C=O) groups is 1. The molecule has 20 heavy (non-hydrogen) atoms. The molecule has 0 bridgehead atoms. The van der Waals surface area contributed by atoms with Gasteiger partial charge < -0.3 is 15.1 Å². The van der Waals surface area contributed by atoms with Crippen molar-refractivity contribution in [2.24, 2.45) is 5.92 Å². The first kappa shape index (κ1) is 15.2. The first-order chi connectivity index (χ1) is 9.58. The first-order valence-electron chi connectivity index (χ1n) is 7.19. The molecule has 6 nitrogen and oxygen atoms in total. The second-order valence-electron chi connectivity index (χ2n) is 5.46. The molecule has 1 amide bonds. The first-order valence-corrected chi connectivity index (χ1v) is 8.00. The highest BCUT2D eigenvalue weighted by molar-refractivity contribution is 7.19. The van der Waals surface area contributed by atoms with Crippen LogP contribution in [0.2, 0.25) is 0 Å². The molecule has 7 heteroatoms. The van der Waals surface area contributed by atoms with Crippen LogP contribution in [-0.2, 0) is 4.79 Å². The topological polar surface area (TPSA) is 61.4 Å². The Hall–Kier alpha value is -1.21. The summed E-state index contributed by atoms with van der Waals surface area (Å²) in [6.45, 7) is 11.4. The molecule has 112 valence electrons. The van der Waals surface area contributed by atoms with Crippen LogP contribution < -0.4 is 10.2 Å². The molecular weight excluding hydrogens is 274 g/mol. The third-order valence-corrected chi connectivity index (χ3v) is 4.24. The lowest BCUT2D eigenvalue weighted by Crippen LogP contribution is -2.46. The van der Waals surface area contributed by atoms with Crippen LogP contribution in [0.25, 0.3) is 0 Å². The van der Waals surface area contributed by atoms with E-state index in [-0.39, 0.29) is 5.91 Å². The number of nitrogens with zero attached hydrogens (tertiary/aromatic N) is 4. The molecule has 1 aliphatic heterocycles. The fourth-order valence-corrected chi connectivity index (χ4v) is 3.00. The van der Waals surface area contributed by atoms with Gasteiger partial charge in [0.2, 0.25) is 16.2 Å². The Labute approximate surface area is 124 Å². The molecular formula is C13H23N5OS. The van der Waals surface area contributed by atoms with Crippen molar-refractivity contribution >= 4 is 27.5 Å². The van der Waals surface area contributed by atoms with Gasteiger partial charge in [0.05, 0.1) is 0 Å². The van der Waals surface area contributed by atoms with Crippen molar-refractivity contribution in [1.29, 1.82) is 0 Å². The summed E-state index contributed by atoms with van der Waals surface area (Å²) in [6.07, 6.45) is 0.518. The lowest BCUT2D eigenvalue weighted by atomic mass is 10.1. The highest BCUT2D eigenvalue weighted by Crippen LogP contribution is 2.25. The largest absolute Gasteiger partial charge is 0.344 e. The molecule has 0 spiro atoms. The maximum atomic E-state index is 11.7. The summed E-state index contributed by atoms with van der Waals surface area (Å²) in [5.41, 5.74) is 0. The van der Waals surface area contributed by atoms with E-state index in [1.54, 1.807) is 0 Å². The zero-order valence-corrected chi connectivity index (χ0v) is 13.2. The third kappa shape index (κ3) is 4.14. The molecule has 1 aromatic rings. The molecule has 1 fully saturated rings. The summed E-state index contributed by atoms with van der Waals surface area (Å²) in [4.78, 5) is 16.4. The van der Waals surface area contributed by atoms with Crippen LogP contribution in [-0.4, -0.2) is 53.7 Å². The summed E-state index contributed by atoms with van der Waals surface area (Å²) in [5.74, 6) is 0.364.